The molecule has 0 fully saturated rings. The van der Waals surface area contributed by atoms with Crippen molar-refractivity contribution < 1.29 is 14.3 Å². The first-order chi connectivity index (χ1) is 18.2. The van der Waals surface area contributed by atoms with Crippen LogP contribution < -0.4 is 21.3 Å². The van der Waals surface area contributed by atoms with Gasteiger partial charge in [0, 0.05) is 28.4 Å². The summed E-state index contributed by atoms with van der Waals surface area (Å²) < 4.78 is 8.70. The quantitative estimate of drug-likeness (QED) is 0.313. The summed E-state index contributed by atoms with van der Waals surface area (Å²) in [5.41, 5.74) is 7.02. The van der Waals surface area contributed by atoms with E-state index in [9.17, 15) is 14.4 Å². The van der Waals surface area contributed by atoms with Gasteiger partial charge < -0.3 is 20.4 Å². The fourth-order valence-electron chi connectivity index (χ4n) is 4.03. The number of ether oxygens (including phenoxy) is 1. The predicted molar refractivity (Wildman–Crippen MR) is 145 cm³/mol. The van der Waals surface area contributed by atoms with Crippen molar-refractivity contribution in [3.8, 4) is 22.6 Å². The Labute approximate surface area is 228 Å². The number of pyridine rings is 2. The molecule has 0 radical (unpaired) electrons. The van der Waals surface area contributed by atoms with Crippen LogP contribution >= 0.6 is 23.2 Å². The summed E-state index contributed by atoms with van der Waals surface area (Å²) in [6, 6.07) is 8.71. The van der Waals surface area contributed by atoms with E-state index in [1.54, 1.807) is 35.3 Å². The first-order valence-corrected chi connectivity index (χ1v) is 12.3. The van der Waals surface area contributed by atoms with Gasteiger partial charge in [0.25, 0.3) is 11.5 Å². The third kappa shape index (κ3) is 5.71. The van der Waals surface area contributed by atoms with Gasteiger partial charge in [-0.1, -0.05) is 36.5 Å². The Morgan fingerprint density at radius 3 is 2.50 bits per heavy atom. The lowest BCUT2D eigenvalue weighted by Gasteiger charge is -2.21. The van der Waals surface area contributed by atoms with Crippen LogP contribution in [-0.2, 0) is 4.79 Å². The van der Waals surface area contributed by atoms with Crippen molar-refractivity contribution in [2.75, 3.05) is 12.4 Å². The summed E-state index contributed by atoms with van der Waals surface area (Å²) >= 11 is 12.3. The highest BCUT2D eigenvalue weighted by Gasteiger charge is 2.24. The molecule has 10 nitrogen and oxygen atoms in total. The van der Waals surface area contributed by atoms with Gasteiger partial charge in [0.1, 0.15) is 29.0 Å². The lowest BCUT2D eigenvalue weighted by atomic mass is 10.0. The molecule has 0 aliphatic heterocycles. The maximum atomic E-state index is 13.4. The summed E-state index contributed by atoms with van der Waals surface area (Å²) in [7, 11) is 1.48. The van der Waals surface area contributed by atoms with Gasteiger partial charge in [0.05, 0.1) is 30.9 Å². The minimum absolute atomic E-state index is 0.0722. The fourth-order valence-corrected chi connectivity index (χ4v) is 4.35. The van der Waals surface area contributed by atoms with E-state index >= 15 is 0 Å². The average Bonchev–Trinajstić information content (AvgIpc) is 3.33. The number of amides is 2. The van der Waals surface area contributed by atoms with E-state index in [-0.39, 0.29) is 5.69 Å². The van der Waals surface area contributed by atoms with Crippen LogP contribution in [0.2, 0.25) is 10.2 Å². The van der Waals surface area contributed by atoms with Gasteiger partial charge in [0.15, 0.2) is 0 Å². The summed E-state index contributed by atoms with van der Waals surface area (Å²) in [4.78, 5) is 45.9. The SMILES string of the molecule is CCCC(C(=O)Nc1ccc(C(N)=O)nc1)n1cc(OC)c(-c2cc(Cl)ccc2-n2cnc(Cl)c2)cc1=O. The van der Waals surface area contributed by atoms with Crippen LogP contribution in [0.5, 0.6) is 5.75 Å². The second kappa shape index (κ2) is 11.5. The molecule has 12 heteroatoms. The Morgan fingerprint density at radius 1 is 1.11 bits per heavy atom. The number of aromatic nitrogens is 4. The van der Waals surface area contributed by atoms with E-state index in [0.29, 0.717) is 51.3 Å². The maximum absolute atomic E-state index is 13.4. The molecule has 3 N–H and O–H groups in total. The van der Waals surface area contributed by atoms with E-state index in [1.807, 2.05) is 6.92 Å². The molecular formula is C26H24Cl2N6O4. The summed E-state index contributed by atoms with van der Waals surface area (Å²) in [5, 5.41) is 3.51. The minimum Gasteiger partial charge on any atom is -0.495 e. The number of carbonyl (C=O) groups is 2. The number of hydrogen-bond donors (Lipinski definition) is 2. The number of primary amides is 1. The first-order valence-electron chi connectivity index (χ1n) is 11.6. The standard InChI is InChI=1S/C26H24Cl2N6O4/c1-3-4-21(26(37)32-16-6-7-19(25(29)36)30-11-16)34-12-22(38-2)18(10-24(34)35)17-9-15(27)5-8-20(17)33-13-23(28)31-14-33/h5-14,21H,3-4H2,1-2H3,(H2,29,36)(H,32,37). The third-order valence-electron chi connectivity index (χ3n) is 5.83. The van der Waals surface area contributed by atoms with Crippen molar-refractivity contribution in [3.63, 3.8) is 0 Å². The molecule has 2 amide bonds. The number of imidazole rings is 1. The van der Waals surface area contributed by atoms with Crippen LogP contribution in [-0.4, -0.2) is 38.0 Å². The normalized spacial score (nSPS) is 11.7. The van der Waals surface area contributed by atoms with Crippen LogP contribution in [0, 0.1) is 0 Å². The summed E-state index contributed by atoms with van der Waals surface area (Å²) in [6.07, 6.45) is 7.04. The number of benzene rings is 1. The van der Waals surface area contributed by atoms with E-state index in [0.717, 1.165) is 0 Å². The van der Waals surface area contributed by atoms with Crippen LogP contribution in [0.15, 0.2) is 66.1 Å². The lowest BCUT2D eigenvalue weighted by Crippen LogP contribution is -2.33. The summed E-state index contributed by atoms with van der Waals surface area (Å²) in [6.45, 7) is 1.91. The van der Waals surface area contributed by atoms with Crippen LogP contribution in [0.25, 0.3) is 16.8 Å². The van der Waals surface area contributed by atoms with Crippen LogP contribution in [0.4, 0.5) is 5.69 Å². The molecule has 3 aromatic heterocycles. The molecule has 1 atom stereocenters. The molecule has 38 heavy (non-hydrogen) atoms. The Morgan fingerprint density at radius 2 is 1.89 bits per heavy atom. The van der Waals surface area contributed by atoms with Crippen molar-refractivity contribution in [1.82, 2.24) is 19.1 Å². The summed E-state index contributed by atoms with van der Waals surface area (Å²) in [5.74, 6) is -0.737. The zero-order valence-corrected chi connectivity index (χ0v) is 22.0. The zero-order valence-electron chi connectivity index (χ0n) is 20.5. The molecule has 3 heterocycles. The Balaban J connectivity index is 1.74. The predicted octanol–water partition coefficient (Wildman–Crippen LogP) is 4.49. The second-order valence-electron chi connectivity index (χ2n) is 8.36. The lowest BCUT2D eigenvalue weighted by molar-refractivity contribution is -0.119. The van der Waals surface area contributed by atoms with Gasteiger partial charge in [-0.3, -0.25) is 19.0 Å². The number of nitrogens with one attached hydrogen (secondary N) is 1. The van der Waals surface area contributed by atoms with Gasteiger partial charge in [-0.25, -0.2) is 9.97 Å². The van der Waals surface area contributed by atoms with E-state index in [1.165, 1.54) is 42.3 Å². The van der Waals surface area contributed by atoms with Crippen LogP contribution in [0.1, 0.15) is 36.3 Å². The smallest absolute Gasteiger partial charge is 0.267 e. The van der Waals surface area contributed by atoms with Gasteiger partial charge in [0.2, 0.25) is 5.91 Å². The third-order valence-corrected chi connectivity index (χ3v) is 6.26. The van der Waals surface area contributed by atoms with Crippen molar-refractivity contribution in [2.24, 2.45) is 5.73 Å². The van der Waals surface area contributed by atoms with Gasteiger partial charge in [-0.15, -0.1) is 0 Å². The number of halogens is 2. The number of carbonyl (C=O) groups excluding carboxylic acids is 2. The molecule has 0 aliphatic carbocycles. The van der Waals surface area contributed by atoms with E-state index in [2.05, 4.69) is 15.3 Å². The molecular weight excluding hydrogens is 531 g/mol. The number of rotatable bonds is 9. The van der Waals surface area contributed by atoms with E-state index in [4.69, 9.17) is 33.7 Å². The number of anilines is 1. The molecule has 4 rings (SSSR count). The molecule has 1 aromatic carbocycles. The molecule has 0 bridgehead atoms. The van der Waals surface area contributed by atoms with Crippen molar-refractivity contribution in [1.29, 1.82) is 0 Å². The Bertz CT molecular complexity index is 1550. The largest absolute Gasteiger partial charge is 0.495 e. The average molecular weight is 555 g/mol. The number of nitrogens with zero attached hydrogens (tertiary/aromatic N) is 4. The molecule has 4 aromatic rings. The van der Waals surface area contributed by atoms with E-state index < -0.39 is 23.4 Å². The van der Waals surface area contributed by atoms with Crippen molar-refractivity contribution in [3.05, 3.63) is 87.5 Å². The minimum atomic E-state index is -0.836. The fraction of sp³-hybridized carbons (Fsp3) is 0.192. The number of hydrogen-bond acceptors (Lipinski definition) is 6. The second-order valence-corrected chi connectivity index (χ2v) is 9.18. The zero-order chi connectivity index (χ0) is 27.4. The monoisotopic (exact) mass is 554 g/mol. The van der Waals surface area contributed by atoms with Gasteiger partial charge >= 0.3 is 0 Å². The highest BCUT2D eigenvalue weighted by Crippen LogP contribution is 2.36. The maximum Gasteiger partial charge on any atom is 0.267 e. The topological polar surface area (TPSA) is 134 Å². The molecule has 0 saturated heterocycles. The van der Waals surface area contributed by atoms with Crippen molar-refractivity contribution in [2.45, 2.75) is 25.8 Å². The first kappa shape index (κ1) is 26.9. The Kier molecular flexibility index (Phi) is 8.13. The molecule has 0 saturated carbocycles. The molecule has 1 unspecified atom stereocenters. The number of nitrogens with two attached hydrogens (primary N) is 1. The van der Waals surface area contributed by atoms with Crippen LogP contribution in [0.3, 0.4) is 0 Å². The molecule has 196 valence electrons. The van der Waals surface area contributed by atoms with Gasteiger partial charge in [-0.05, 0) is 36.8 Å². The Hall–Kier alpha value is -4.15. The van der Waals surface area contributed by atoms with Crippen molar-refractivity contribution >= 4 is 40.7 Å². The van der Waals surface area contributed by atoms with Gasteiger partial charge in [-0.2, -0.15) is 0 Å². The highest BCUT2D eigenvalue weighted by molar-refractivity contribution is 6.31. The number of methoxy groups -OCH3 is 1. The molecule has 0 aliphatic rings. The molecule has 0 spiro atoms. The highest BCUT2D eigenvalue weighted by atomic mass is 35.5.